The molecule has 0 radical (unpaired) electrons. The Balaban J connectivity index is 4.63. The first-order valence-corrected chi connectivity index (χ1v) is 49.4. The van der Waals surface area contributed by atoms with E-state index in [4.69, 9.17) is 32.3 Å². The third-order valence-electron chi connectivity index (χ3n) is 19.4. The van der Waals surface area contributed by atoms with E-state index >= 15 is 0 Å². The summed E-state index contributed by atoms with van der Waals surface area (Å²) >= 11 is 0. The average Bonchev–Trinajstić information content (AvgIpc) is 1.04. The molecule has 0 heterocycles. The third-order valence-corrected chi connectivity index (χ3v) is 21.3. The molecule has 0 aliphatic rings. The van der Waals surface area contributed by atoms with E-state index in [-0.39, 0.29) is 19.3 Å². The minimum absolute atomic E-state index is 0.0904. The Labute approximate surface area is 713 Å². The van der Waals surface area contributed by atoms with Crippen molar-refractivity contribution in [3.05, 3.63) is 170 Å². The molecule has 0 aliphatic carbocycles. The molecule has 0 saturated carbocycles. The second-order valence-corrected chi connectivity index (χ2v) is 33.6. The number of aliphatic hydroxyl groups excluding tert-OH is 2. The molecule has 16 nitrogen and oxygen atoms in total. The molecule has 0 aromatic carbocycles. The maximum absolute atomic E-state index is 13.1. The van der Waals surface area contributed by atoms with Crippen LogP contribution in [0.25, 0.3) is 0 Å². The first-order chi connectivity index (χ1) is 57.2. The molecule has 0 amide bonds. The van der Waals surface area contributed by atoms with Crippen LogP contribution < -0.4 is 0 Å². The lowest BCUT2D eigenvalue weighted by atomic mass is 10.0. The predicted molar refractivity (Wildman–Crippen MR) is 491 cm³/mol. The van der Waals surface area contributed by atoms with Crippen LogP contribution in [0.1, 0.15) is 380 Å². The van der Waals surface area contributed by atoms with Crippen molar-refractivity contribution < 1.29 is 75.8 Å². The van der Waals surface area contributed by atoms with Crippen LogP contribution in [0.3, 0.4) is 0 Å². The highest BCUT2D eigenvalue weighted by atomic mass is 31.2. The van der Waals surface area contributed by atoms with Gasteiger partial charge in [-0.2, -0.15) is 0 Å². The van der Waals surface area contributed by atoms with Crippen molar-refractivity contribution in [1.29, 1.82) is 0 Å². The van der Waals surface area contributed by atoms with Gasteiger partial charge >= 0.3 is 33.6 Å². The lowest BCUT2D eigenvalue weighted by Gasteiger charge is -2.21. The van der Waals surface area contributed by atoms with E-state index in [1.807, 2.05) is 0 Å². The maximum atomic E-state index is 13.1. The van der Waals surface area contributed by atoms with Crippen LogP contribution in [0.2, 0.25) is 0 Å². The topological polar surface area (TPSA) is 231 Å². The average molecular weight is 1680 g/mol. The summed E-state index contributed by atoms with van der Waals surface area (Å²) in [7, 11) is -9.82. The Kier molecular flexibility index (Phi) is 86.2. The van der Waals surface area contributed by atoms with Crippen molar-refractivity contribution in [2.45, 2.75) is 399 Å². The molecule has 0 aromatic rings. The summed E-state index contributed by atoms with van der Waals surface area (Å²) in [6.07, 6.45) is 117. The van der Waals surface area contributed by atoms with Crippen molar-refractivity contribution >= 4 is 33.6 Å². The molecule has 0 rings (SSSR count). The smallest absolute Gasteiger partial charge is 0.463 e. The van der Waals surface area contributed by atoms with Crippen LogP contribution in [-0.2, 0) is 55.8 Å². The van der Waals surface area contributed by atoms with Crippen molar-refractivity contribution in [1.82, 2.24) is 0 Å². The Hall–Kier alpha value is -5.09. The number of aliphatic hydroxyl groups is 2. The zero-order chi connectivity index (χ0) is 85.1. The highest BCUT2D eigenvalue weighted by Gasteiger charge is 2.29. The van der Waals surface area contributed by atoms with Gasteiger partial charge in [-0.15, -0.1) is 0 Å². The van der Waals surface area contributed by atoms with Crippen molar-refractivity contribution in [3.63, 3.8) is 0 Å². The number of hydrogen-bond acceptors (Lipinski definition) is 14. The minimum atomic E-state index is -4.95. The van der Waals surface area contributed by atoms with Crippen molar-refractivity contribution in [3.8, 4) is 0 Å². The first-order valence-electron chi connectivity index (χ1n) is 46.4. The summed E-state index contributed by atoms with van der Waals surface area (Å²) in [4.78, 5) is 59.0. The van der Waals surface area contributed by atoms with Crippen molar-refractivity contribution in [2.75, 3.05) is 39.6 Å². The summed E-state index contributed by atoms with van der Waals surface area (Å²) in [6, 6.07) is 0. The summed E-state index contributed by atoms with van der Waals surface area (Å²) < 4.78 is 61.5. The molecule has 0 saturated heterocycles. The Morgan fingerprint density at radius 3 is 0.718 bits per heavy atom. The Bertz CT molecular complexity index is 2810. The molecule has 4 N–H and O–H groups in total. The van der Waals surface area contributed by atoms with Gasteiger partial charge in [0.1, 0.15) is 25.4 Å². The summed E-state index contributed by atoms with van der Waals surface area (Å²) in [5.74, 6) is -1.58. The van der Waals surface area contributed by atoms with Crippen molar-refractivity contribution in [2.24, 2.45) is 0 Å². The number of unbranched alkanes of at least 4 members (excludes halogenated alkanes) is 36. The monoisotopic (exact) mass is 1680 g/mol. The number of phosphoric acid groups is 2. The van der Waals surface area contributed by atoms with Crippen LogP contribution >= 0.6 is 15.6 Å². The van der Waals surface area contributed by atoms with Gasteiger partial charge in [-0.25, -0.2) is 9.13 Å². The number of phosphoric ester groups is 2. The van der Waals surface area contributed by atoms with Gasteiger partial charge in [0, 0.05) is 19.3 Å². The SMILES string of the molecule is CC/C=C\C/C=C\C/C=C\C/C=C\C/C=C\CCCCCCCCCCCC(=O)OCC(COP(=O)(O)OCC(O)COP(=O)(O)OCC(O)COC(=O)CCCCCCCCCCCCCCCCC/C=C\C/C=C\C/C=C\C/C=C\CCCCC)OC(=O)CCCCCCCCCCC/C=C\C/C=C\C/C=C\C/C=C\C/C=C\CC. The van der Waals surface area contributed by atoms with Gasteiger partial charge in [0.05, 0.1) is 26.4 Å². The molecular weight excluding hydrogens is 1510 g/mol. The molecule has 5 atom stereocenters. The normalized spacial score (nSPS) is 14.6. The zero-order valence-electron chi connectivity index (χ0n) is 73.8. The fourth-order valence-electron chi connectivity index (χ4n) is 12.4. The lowest BCUT2D eigenvalue weighted by Crippen LogP contribution is -2.30. The molecule has 5 unspecified atom stereocenters. The van der Waals surface area contributed by atoms with E-state index in [0.29, 0.717) is 19.3 Å². The number of carbonyl (C=O) groups excluding carboxylic acids is 3. The van der Waals surface area contributed by atoms with Crippen LogP contribution in [0.5, 0.6) is 0 Å². The molecule has 0 fully saturated rings. The van der Waals surface area contributed by atoms with E-state index in [9.17, 15) is 43.5 Å². The number of ether oxygens (including phenoxy) is 3. The second kappa shape index (κ2) is 90.2. The predicted octanol–water partition coefficient (Wildman–Crippen LogP) is 28.7. The standard InChI is InChI=1S/C99H168O16P2/c1-4-7-10-13-16-19-22-25-28-31-34-37-40-43-44-45-46-47-48-51-53-55-58-61-64-67-70-73-76-79-82-85-97(102)109-88-94(100)89-111-116(105,106)112-90-95(101)91-113-117(107,108)114-93-96(115-99(104)87-84-81-78-75-72-69-66-63-60-57-54-50-42-39-36-33-30-27-24-21-18-15-12-9-6-3)92-110-98(103)86-83-80-77-74-71-68-65-62-59-56-52-49-41-38-35-32-29-26-23-20-17-14-11-8-5-2/h8-9,11-12,16-21,25-30,34-39,43-44,49-50,52,54,94-96,100-101H,4-7,10,13-15,22-24,31-33,40-42,45-48,51,53,55-93H2,1-3H3,(H,105,106)(H,107,108)/b11-8-,12-9-,19-16-,20-17-,21-18-,28-25-,29-26-,30-27-,37-34-,38-35-,39-36-,44-43-,52-49-,54-50-. The number of carbonyl (C=O) groups is 3. The third kappa shape index (κ3) is 91.5. The number of hydrogen-bond donors (Lipinski definition) is 4. The molecule has 670 valence electrons. The number of rotatable bonds is 87. The van der Waals surface area contributed by atoms with Crippen LogP contribution in [-0.4, -0.2) is 95.9 Å². The van der Waals surface area contributed by atoms with E-state index < -0.39 is 91.5 Å². The van der Waals surface area contributed by atoms with Gasteiger partial charge in [-0.1, -0.05) is 377 Å². The molecule has 0 spiro atoms. The van der Waals surface area contributed by atoms with Gasteiger partial charge in [0.2, 0.25) is 0 Å². The second-order valence-electron chi connectivity index (χ2n) is 30.7. The molecular formula is C99H168O16P2. The summed E-state index contributed by atoms with van der Waals surface area (Å²) in [5.41, 5.74) is 0. The number of allylic oxidation sites excluding steroid dienone is 28. The van der Waals surface area contributed by atoms with E-state index in [2.05, 4.69) is 191 Å². The first kappa shape index (κ1) is 112. The fourth-order valence-corrected chi connectivity index (χ4v) is 14.0. The van der Waals surface area contributed by atoms with Gasteiger partial charge in [-0.3, -0.25) is 32.5 Å². The largest absolute Gasteiger partial charge is 0.472 e. The minimum Gasteiger partial charge on any atom is -0.463 e. The fraction of sp³-hybridized carbons (Fsp3) is 0.687. The van der Waals surface area contributed by atoms with Crippen LogP contribution in [0.15, 0.2) is 170 Å². The molecule has 117 heavy (non-hydrogen) atoms. The van der Waals surface area contributed by atoms with E-state index in [1.54, 1.807) is 0 Å². The Morgan fingerprint density at radius 1 is 0.248 bits per heavy atom. The van der Waals surface area contributed by atoms with Gasteiger partial charge < -0.3 is 34.2 Å². The van der Waals surface area contributed by atoms with E-state index in [1.165, 1.54) is 154 Å². The molecule has 0 aliphatic heterocycles. The van der Waals surface area contributed by atoms with Gasteiger partial charge in [-0.05, 0) is 154 Å². The number of esters is 3. The highest BCUT2D eigenvalue weighted by molar-refractivity contribution is 7.47. The maximum Gasteiger partial charge on any atom is 0.472 e. The van der Waals surface area contributed by atoms with E-state index in [0.717, 1.165) is 167 Å². The van der Waals surface area contributed by atoms with Crippen LogP contribution in [0, 0.1) is 0 Å². The highest BCUT2D eigenvalue weighted by Crippen LogP contribution is 2.45. The quantitative estimate of drug-likeness (QED) is 0.0146. The summed E-state index contributed by atoms with van der Waals surface area (Å²) in [6.45, 7) is 2.46. The molecule has 18 heteroatoms. The van der Waals surface area contributed by atoms with Gasteiger partial charge in [0.25, 0.3) is 0 Å². The molecule has 0 aromatic heterocycles. The summed E-state index contributed by atoms with van der Waals surface area (Å²) in [5, 5.41) is 20.7. The molecule has 0 bridgehead atoms. The zero-order valence-corrected chi connectivity index (χ0v) is 75.6. The van der Waals surface area contributed by atoms with Crippen LogP contribution in [0.4, 0.5) is 0 Å². The Morgan fingerprint density at radius 2 is 0.453 bits per heavy atom. The van der Waals surface area contributed by atoms with Gasteiger partial charge in [0.15, 0.2) is 6.10 Å². The lowest BCUT2D eigenvalue weighted by molar-refractivity contribution is -0.161.